The Morgan fingerprint density at radius 3 is 2.96 bits per heavy atom. The summed E-state index contributed by atoms with van der Waals surface area (Å²) < 4.78 is 46.6. The number of halogens is 1. The third-order valence-electron chi connectivity index (χ3n) is 4.24. The summed E-state index contributed by atoms with van der Waals surface area (Å²) in [6.07, 6.45) is 3.18. The molecule has 2 atom stereocenters. The number of hydrogen-bond acceptors (Lipinski definition) is 4. The summed E-state index contributed by atoms with van der Waals surface area (Å²) in [6.45, 7) is 2.47. The molecule has 6 nitrogen and oxygen atoms in total. The molecule has 2 N–H and O–H groups in total. The minimum Gasteiger partial charge on any atom is -0.372 e. The van der Waals surface area contributed by atoms with Gasteiger partial charge in [0.25, 0.3) is 0 Å². The topological polar surface area (TPSA) is 84.1 Å². The van der Waals surface area contributed by atoms with E-state index in [4.69, 9.17) is 4.74 Å². The lowest BCUT2D eigenvalue weighted by Gasteiger charge is -2.31. The molecule has 0 radical (unpaired) electrons. The zero-order chi connectivity index (χ0) is 17.2. The number of aryl methyl sites for hydroxylation is 1. The SMILES string of the molecule is Cc1cc(F)ccc1S(=O)(=O)NC[C@@H]1CCCO[C@H]1c1ccn[nH]1. The quantitative estimate of drug-likeness (QED) is 0.864. The highest BCUT2D eigenvalue weighted by molar-refractivity contribution is 7.89. The van der Waals surface area contributed by atoms with Crippen molar-refractivity contribution in [2.45, 2.75) is 30.8 Å². The molecule has 0 saturated carbocycles. The van der Waals surface area contributed by atoms with Crippen LogP contribution in [0, 0.1) is 18.7 Å². The number of hydrogen-bond donors (Lipinski definition) is 2. The number of ether oxygens (including phenoxy) is 1. The standard InChI is InChI=1S/C16H20FN3O3S/c1-11-9-13(17)4-5-15(11)24(21,22)19-10-12-3-2-8-23-16(12)14-6-7-18-20-14/h4-7,9,12,16,19H,2-3,8,10H2,1H3,(H,18,20)/t12-,16+/m0/s1. The summed E-state index contributed by atoms with van der Waals surface area (Å²) in [4.78, 5) is 0.0960. The van der Waals surface area contributed by atoms with E-state index >= 15 is 0 Å². The number of rotatable bonds is 5. The maximum absolute atomic E-state index is 13.2. The summed E-state index contributed by atoms with van der Waals surface area (Å²) in [5, 5.41) is 6.82. The van der Waals surface area contributed by atoms with Crippen molar-refractivity contribution >= 4 is 10.0 Å². The van der Waals surface area contributed by atoms with Crippen molar-refractivity contribution in [3.63, 3.8) is 0 Å². The lowest BCUT2D eigenvalue weighted by Crippen LogP contribution is -2.35. The fourth-order valence-electron chi connectivity index (χ4n) is 3.03. The smallest absolute Gasteiger partial charge is 0.240 e. The van der Waals surface area contributed by atoms with Crippen LogP contribution in [-0.4, -0.2) is 31.8 Å². The lowest BCUT2D eigenvalue weighted by atomic mass is 9.92. The molecule has 3 rings (SSSR count). The molecule has 24 heavy (non-hydrogen) atoms. The zero-order valence-corrected chi connectivity index (χ0v) is 14.1. The third-order valence-corrected chi connectivity index (χ3v) is 5.82. The van der Waals surface area contributed by atoms with Gasteiger partial charge in [0.05, 0.1) is 10.6 Å². The Bertz CT molecular complexity index is 793. The van der Waals surface area contributed by atoms with Gasteiger partial charge in [0.15, 0.2) is 0 Å². The molecule has 1 aliphatic rings. The summed E-state index contributed by atoms with van der Waals surface area (Å²) >= 11 is 0. The second-order valence-electron chi connectivity index (χ2n) is 5.97. The average molecular weight is 353 g/mol. The number of aromatic amines is 1. The van der Waals surface area contributed by atoms with E-state index in [1.807, 2.05) is 6.07 Å². The van der Waals surface area contributed by atoms with Crippen LogP contribution in [0.4, 0.5) is 4.39 Å². The van der Waals surface area contributed by atoms with E-state index in [-0.39, 0.29) is 23.5 Å². The van der Waals surface area contributed by atoms with Crippen molar-refractivity contribution in [1.82, 2.24) is 14.9 Å². The van der Waals surface area contributed by atoms with Gasteiger partial charge < -0.3 is 4.74 Å². The van der Waals surface area contributed by atoms with Crippen molar-refractivity contribution < 1.29 is 17.5 Å². The van der Waals surface area contributed by atoms with Gasteiger partial charge in [-0.25, -0.2) is 17.5 Å². The first kappa shape index (κ1) is 17.1. The van der Waals surface area contributed by atoms with Gasteiger partial charge in [-0.2, -0.15) is 5.10 Å². The van der Waals surface area contributed by atoms with Gasteiger partial charge in [-0.05, 0) is 49.6 Å². The average Bonchev–Trinajstić information content (AvgIpc) is 3.07. The Hall–Kier alpha value is -1.77. The molecule has 1 aliphatic heterocycles. The van der Waals surface area contributed by atoms with E-state index in [2.05, 4.69) is 14.9 Å². The highest BCUT2D eigenvalue weighted by atomic mass is 32.2. The molecular formula is C16H20FN3O3S. The van der Waals surface area contributed by atoms with Crippen molar-refractivity contribution in [2.24, 2.45) is 5.92 Å². The Morgan fingerprint density at radius 1 is 1.42 bits per heavy atom. The number of benzene rings is 1. The first-order chi connectivity index (χ1) is 11.5. The molecule has 2 heterocycles. The largest absolute Gasteiger partial charge is 0.372 e. The van der Waals surface area contributed by atoms with Crippen LogP contribution in [0.3, 0.4) is 0 Å². The van der Waals surface area contributed by atoms with Crippen molar-refractivity contribution in [1.29, 1.82) is 0 Å². The van der Waals surface area contributed by atoms with Crippen LogP contribution < -0.4 is 4.72 Å². The van der Waals surface area contributed by atoms with Gasteiger partial charge in [-0.3, -0.25) is 5.10 Å². The van der Waals surface area contributed by atoms with Crippen LogP contribution in [0.25, 0.3) is 0 Å². The van der Waals surface area contributed by atoms with E-state index in [1.54, 1.807) is 13.1 Å². The van der Waals surface area contributed by atoms with Gasteiger partial charge in [-0.15, -0.1) is 0 Å². The molecule has 1 aromatic heterocycles. The normalized spacial score (nSPS) is 21.8. The van der Waals surface area contributed by atoms with Gasteiger partial charge in [0.2, 0.25) is 10.0 Å². The fourth-order valence-corrected chi connectivity index (χ4v) is 4.35. The van der Waals surface area contributed by atoms with Crippen LogP contribution in [-0.2, 0) is 14.8 Å². The third kappa shape index (κ3) is 3.66. The maximum atomic E-state index is 13.2. The molecule has 0 aliphatic carbocycles. The molecule has 1 aromatic carbocycles. The molecule has 8 heteroatoms. The van der Waals surface area contributed by atoms with Crippen molar-refractivity contribution in [3.05, 3.63) is 47.5 Å². The first-order valence-electron chi connectivity index (χ1n) is 7.84. The lowest BCUT2D eigenvalue weighted by molar-refractivity contribution is -0.0287. The highest BCUT2D eigenvalue weighted by Crippen LogP contribution is 2.32. The molecule has 0 bridgehead atoms. The van der Waals surface area contributed by atoms with Gasteiger partial charge in [0, 0.05) is 25.3 Å². The number of sulfonamides is 1. The van der Waals surface area contributed by atoms with Crippen LogP contribution in [0.1, 0.15) is 30.2 Å². The van der Waals surface area contributed by atoms with Gasteiger partial charge in [0.1, 0.15) is 11.9 Å². The molecule has 2 aromatic rings. The molecule has 1 fully saturated rings. The molecule has 0 unspecified atom stereocenters. The van der Waals surface area contributed by atoms with E-state index in [0.717, 1.165) is 24.6 Å². The van der Waals surface area contributed by atoms with Gasteiger partial charge in [-0.1, -0.05) is 0 Å². The summed E-state index contributed by atoms with van der Waals surface area (Å²) in [5.41, 5.74) is 1.23. The second kappa shape index (κ2) is 7.00. The van der Waals surface area contributed by atoms with Gasteiger partial charge >= 0.3 is 0 Å². The summed E-state index contributed by atoms with van der Waals surface area (Å²) in [7, 11) is -3.70. The fraction of sp³-hybridized carbons (Fsp3) is 0.438. The number of H-pyrrole nitrogens is 1. The minimum absolute atomic E-state index is 0.00901. The Labute approximate surface area is 140 Å². The number of nitrogens with one attached hydrogen (secondary N) is 2. The highest BCUT2D eigenvalue weighted by Gasteiger charge is 2.30. The van der Waals surface area contributed by atoms with E-state index in [0.29, 0.717) is 12.2 Å². The summed E-state index contributed by atoms with van der Waals surface area (Å²) in [5.74, 6) is -0.443. The zero-order valence-electron chi connectivity index (χ0n) is 13.3. The molecule has 0 amide bonds. The van der Waals surface area contributed by atoms with E-state index in [9.17, 15) is 12.8 Å². The van der Waals surface area contributed by atoms with Crippen LogP contribution in [0.15, 0.2) is 35.4 Å². The van der Waals surface area contributed by atoms with Crippen LogP contribution in [0.5, 0.6) is 0 Å². The monoisotopic (exact) mass is 353 g/mol. The second-order valence-corrected chi connectivity index (χ2v) is 7.70. The molecule has 0 spiro atoms. The van der Waals surface area contributed by atoms with Crippen LogP contribution in [0.2, 0.25) is 0 Å². The molecule has 130 valence electrons. The van der Waals surface area contributed by atoms with Crippen LogP contribution >= 0.6 is 0 Å². The van der Waals surface area contributed by atoms with E-state index < -0.39 is 15.8 Å². The predicted molar refractivity (Wildman–Crippen MR) is 86.3 cm³/mol. The predicted octanol–water partition coefficient (Wildman–Crippen LogP) is 2.30. The molecular weight excluding hydrogens is 333 g/mol. The Balaban J connectivity index is 1.73. The minimum atomic E-state index is -3.70. The van der Waals surface area contributed by atoms with Crippen molar-refractivity contribution in [3.8, 4) is 0 Å². The first-order valence-corrected chi connectivity index (χ1v) is 9.32. The molecule has 1 saturated heterocycles. The number of aromatic nitrogens is 2. The maximum Gasteiger partial charge on any atom is 0.240 e. The Morgan fingerprint density at radius 2 is 2.25 bits per heavy atom. The Kier molecular flexibility index (Phi) is 4.98. The van der Waals surface area contributed by atoms with E-state index in [1.165, 1.54) is 12.1 Å². The number of nitrogens with zero attached hydrogens (tertiary/aromatic N) is 1. The van der Waals surface area contributed by atoms with Crippen molar-refractivity contribution in [2.75, 3.05) is 13.2 Å². The summed E-state index contributed by atoms with van der Waals surface area (Å²) in [6, 6.07) is 5.49.